The van der Waals surface area contributed by atoms with Gasteiger partial charge in [0.2, 0.25) is 0 Å². The minimum atomic E-state index is 0. The maximum Gasteiger partial charge on any atom is 0.102 e. The Morgan fingerprint density at radius 3 is 0.485 bits per heavy atom. The summed E-state index contributed by atoms with van der Waals surface area (Å²) in [6.45, 7) is 33.5. The van der Waals surface area contributed by atoms with Gasteiger partial charge in [-0.25, -0.2) is 0 Å². The molecule has 0 saturated carbocycles. The van der Waals surface area contributed by atoms with Gasteiger partial charge in [0.1, 0.15) is 19.6 Å². The third kappa shape index (κ3) is 18.6. The largest absolute Gasteiger partial charge is 0.870 e. The summed E-state index contributed by atoms with van der Waals surface area (Å²) in [6, 6.07) is 0. The molecular weight excluding hydrogens is 426 g/mol. The van der Waals surface area contributed by atoms with Gasteiger partial charge in [0, 0.05) is 0 Å². The van der Waals surface area contributed by atoms with Gasteiger partial charge in [0.25, 0.3) is 0 Å². The highest BCUT2D eigenvalue weighted by atomic mass is 16.3. The molecule has 0 aliphatic heterocycles. The van der Waals surface area contributed by atoms with Gasteiger partial charge < -0.3 is 45.2 Å². The zero-order chi connectivity index (χ0) is 24.1. The average Bonchev–Trinajstić information content (AvgIpc) is 2.81. The van der Waals surface area contributed by atoms with Crippen LogP contribution >= 0.6 is 0 Å². The number of rotatable bonds is 15. The van der Waals surface area contributed by atoms with E-state index >= 15 is 0 Å². The van der Waals surface area contributed by atoms with E-state index < -0.39 is 0 Å². The second-order valence-corrected chi connectivity index (χ2v) is 8.21. The molecule has 6 N–H and O–H groups in total. The van der Waals surface area contributed by atoms with Crippen LogP contribution in [0.15, 0.2) is 0 Å². The summed E-state index contributed by atoms with van der Waals surface area (Å²) in [5, 5.41) is 26.3. The summed E-state index contributed by atoms with van der Waals surface area (Å²) in [5.74, 6) is 0. The molecule has 0 fully saturated rings. The van der Waals surface area contributed by atoms with E-state index in [2.05, 4.69) is 62.3 Å². The van der Waals surface area contributed by atoms with Crippen molar-refractivity contribution in [3.63, 3.8) is 0 Å². The van der Waals surface area contributed by atoms with Gasteiger partial charge in [-0.1, -0.05) is 0 Å². The van der Waals surface area contributed by atoms with Gasteiger partial charge in [-0.2, -0.15) is 0 Å². The Morgan fingerprint density at radius 2 is 0.455 bits per heavy atom. The van der Waals surface area contributed by atoms with Gasteiger partial charge in [0.05, 0.1) is 78.7 Å². The molecule has 33 heavy (non-hydrogen) atoms. The lowest BCUT2D eigenvalue weighted by molar-refractivity contribution is -0.923. The molecule has 0 bridgehead atoms. The summed E-state index contributed by atoms with van der Waals surface area (Å²) in [4.78, 5) is 0. The fourth-order valence-corrected chi connectivity index (χ4v) is 4.07. The lowest BCUT2D eigenvalue weighted by atomic mass is 10.3. The van der Waals surface area contributed by atoms with Gasteiger partial charge in [-0.05, 0) is 62.3 Å². The predicted octanol–water partition coefficient (Wildman–Crippen LogP) is 2.04. The van der Waals surface area contributed by atoms with E-state index in [1.165, 1.54) is 0 Å². The SMILES string of the molecule is CC[N+](CC)(CC)CCO.CC[N+](CC)(CC)CCO.CC[N+](CC)(CC)CCO.[OH-].[OH-].[OH-]. The molecule has 0 aliphatic carbocycles. The smallest absolute Gasteiger partial charge is 0.102 e. The number of likely N-dealkylation sites (N-methyl/N-ethyl adjacent to an activating group) is 3. The van der Waals surface area contributed by atoms with Crippen molar-refractivity contribution < 1.29 is 45.2 Å². The number of hydrogen-bond donors (Lipinski definition) is 3. The second kappa shape index (κ2) is 27.9. The molecule has 0 heterocycles. The van der Waals surface area contributed by atoms with Crippen molar-refractivity contribution in [3.8, 4) is 0 Å². The first-order valence-corrected chi connectivity index (χ1v) is 12.6. The molecule has 0 amide bonds. The normalized spacial score (nSPS) is 10.9. The molecule has 0 atom stereocenters. The lowest BCUT2D eigenvalue weighted by Crippen LogP contribution is -2.49. The van der Waals surface area contributed by atoms with Crippen LogP contribution in [0.2, 0.25) is 0 Å². The van der Waals surface area contributed by atoms with Gasteiger partial charge in [-0.3, -0.25) is 0 Å². The fourth-order valence-electron chi connectivity index (χ4n) is 4.07. The Kier molecular flexibility index (Phi) is 38.9. The molecule has 0 aromatic carbocycles. The number of hydrogen-bond acceptors (Lipinski definition) is 6. The molecule has 9 heteroatoms. The van der Waals surface area contributed by atoms with Crippen molar-refractivity contribution in [1.29, 1.82) is 0 Å². The van der Waals surface area contributed by atoms with Crippen LogP contribution in [0.1, 0.15) is 62.3 Å². The van der Waals surface area contributed by atoms with Gasteiger partial charge in [-0.15, -0.1) is 0 Å². The first-order valence-electron chi connectivity index (χ1n) is 12.6. The number of nitrogens with zero attached hydrogens (tertiary/aromatic N) is 3. The van der Waals surface area contributed by atoms with Crippen LogP contribution in [-0.2, 0) is 0 Å². The van der Waals surface area contributed by atoms with E-state index in [1.807, 2.05) is 0 Å². The fraction of sp³-hybridized carbons (Fsp3) is 1.00. The molecule has 0 aromatic rings. The topological polar surface area (TPSA) is 151 Å². The minimum Gasteiger partial charge on any atom is -0.870 e. The second-order valence-electron chi connectivity index (χ2n) is 8.21. The summed E-state index contributed by atoms with van der Waals surface area (Å²) in [5.41, 5.74) is 0. The van der Waals surface area contributed by atoms with Gasteiger partial charge in [0.15, 0.2) is 0 Å². The Morgan fingerprint density at radius 1 is 0.333 bits per heavy atom. The van der Waals surface area contributed by atoms with Crippen LogP contribution in [0.3, 0.4) is 0 Å². The van der Waals surface area contributed by atoms with Crippen molar-refractivity contribution in [2.45, 2.75) is 62.3 Å². The highest BCUT2D eigenvalue weighted by Crippen LogP contribution is 2.05. The minimum absolute atomic E-state index is 0. The van der Waals surface area contributed by atoms with Crippen molar-refractivity contribution >= 4 is 0 Å². The average molecular weight is 490 g/mol. The zero-order valence-electron chi connectivity index (χ0n) is 23.6. The molecule has 0 radical (unpaired) electrons. The van der Waals surface area contributed by atoms with Crippen molar-refractivity contribution in [3.05, 3.63) is 0 Å². The van der Waals surface area contributed by atoms with Crippen molar-refractivity contribution in [1.82, 2.24) is 0 Å². The van der Waals surface area contributed by atoms with E-state index in [1.54, 1.807) is 0 Å². The van der Waals surface area contributed by atoms with Crippen LogP contribution in [0.5, 0.6) is 0 Å². The van der Waals surface area contributed by atoms with Crippen LogP contribution in [0.25, 0.3) is 0 Å². The van der Waals surface area contributed by atoms with Crippen molar-refractivity contribution in [2.75, 3.05) is 98.4 Å². The molecule has 9 nitrogen and oxygen atoms in total. The Bertz CT molecular complexity index is 274. The maximum atomic E-state index is 8.78. The predicted molar refractivity (Wildman–Crippen MR) is 137 cm³/mol. The van der Waals surface area contributed by atoms with Crippen LogP contribution < -0.4 is 0 Å². The summed E-state index contributed by atoms with van der Waals surface area (Å²) in [6.07, 6.45) is 0. The molecule has 0 saturated heterocycles. The van der Waals surface area contributed by atoms with E-state index in [4.69, 9.17) is 15.3 Å². The third-order valence-electron chi connectivity index (χ3n) is 7.76. The first-order chi connectivity index (χ1) is 14.2. The standard InChI is InChI=1S/3C8H20NO.3H2O/c3*1-4-9(5-2,6-3)7-8-10;;;/h3*10H,4-8H2,1-3H3;3*1H2/q3*+1;;;/p-3. The van der Waals surface area contributed by atoms with Crippen LogP contribution in [0.4, 0.5) is 0 Å². The Hall–Kier alpha value is -0.360. The lowest BCUT2D eigenvalue weighted by Gasteiger charge is -2.34. The molecular formula is C24H63N3O6. The van der Waals surface area contributed by atoms with Crippen LogP contribution in [0, 0.1) is 0 Å². The molecule has 0 aliphatic rings. The van der Waals surface area contributed by atoms with Gasteiger partial charge >= 0.3 is 0 Å². The number of aliphatic hydroxyl groups is 3. The van der Waals surface area contributed by atoms with E-state index in [-0.39, 0.29) is 16.4 Å². The van der Waals surface area contributed by atoms with Crippen molar-refractivity contribution in [2.24, 2.45) is 0 Å². The number of quaternary nitrogens is 3. The molecule has 210 valence electrons. The van der Waals surface area contributed by atoms with E-state index in [9.17, 15) is 0 Å². The number of aliphatic hydroxyl groups excluding tert-OH is 3. The van der Waals surface area contributed by atoms with E-state index in [0.29, 0.717) is 19.8 Å². The molecule has 0 aromatic heterocycles. The third-order valence-corrected chi connectivity index (χ3v) is 7.76. The Labute approximate surface area is 206 Å². The molecule has 0 rings (SSSR count). The maximum absolute atomic E-state index is 8.78. The first kappa shape index (κ1) is 46.0. The highest BCUT2D eigenvalue weighted by molar-refractivity contribution is 4.37. The molecule has 0 unspecified atom stereocenters. The highest BCUT2D eigenvalue weighted by Gasteiger charge is 2.20. The molecule has 0 spiro atoms. The Balaban J connectivity index is -0.0000000792. The summed E-state index contributed by atoms with van der Waals surface area (Å²) < 4.78 is 3.16. The quantitative estimate of drug-likeness (QED) is 0.299. The summed E-state index contributed by atoms with van der Waals surface area (Å²) >= 11 is 0. The monoisotopic (exact) mass is 489 g/mol. The van der Waals surface area contributed by atoms with Crippen LogP contribution in [-0.4, -0.2) is 144 Å². The summed E-state index contributed by atoms with van der Waals surface area (Å²) in [7, 11) is 0. The van der Waals surface area contributed by atoms with E-state index in [0.717, 1.165) is 92.0 Å². The zero-order valence-corrected chi connectivity index (χ0v) is 23.6.